The molecule has 1 N–H and O–H groups in total. The van der Waals surface area contributed by atoms with Crippen molar-refractivity contribution in [3.63, 3.8) is 0 Å². The zero-order valence-electron chi connectivity index (χ0n) is 10.7. The minimum atomic E-state index is 0.152. The normalized spacial score (nSPS) is 27.1. The fraction of sp³-hybridized carbons (Fsp3) is 0.571. The first-order valence-electron chi connectivity index (χ1n) is 6.72. The molecule has 2 bridgehead atoms. The Hall–Kier alpha value is -1.42. The van der Waals surface area contributed by atoms with Crippen molar-refractivity contribution < 1.29 is 4.79 Å². The van der Waals surface area contributed by atoms with Gasteiger partial charge in [0.2, 0.25) is 0 Å². The van der Waals surface area contributed by atoms with Crippen molar-refractivity contribution in [2.45, 2.75) is 38.3 Å². The highest BCUT2D eigenvalue weighted by Gasteiger charge is 2.38. The molecule has 0 radical (unpaired) electrons. The van der Waals surface area contributed by atoms with Gasteiger partial charge in [-0.2, -0.15) is 0 Å². The molecule has 0 aliphatic carbocycles. The Morgan fingerprint density at radius 2 is 2.17 bits per heavy atom. The lowest BCUT2D eigenvalue weighted by Gasteiger charge is -2.27. The highest BCUT2D eigenvalue weighted by atomic mass is 16.2. The molecule has 2 atom stereocenters. The molecule has 2 aliphatic rings. The SMILES string of the molecule is Cc1ccc(C(=O)N2C3CCNCC2CC3)cn1. The number of carbonyl (C=O) groups excluding carboxylic acids is 1. The third kappa shape index (κ3) is 2.01. The van der Waals surface area contributed by atoms with E-state index in [-0.39, 0.29) is 5.91 Å². The largest absolute Gasteiger partial charge is 0.331 e. The first-order valence-corrected chi connectivity index (χ1v) is 6.72. The lowest BCUT2D eigenvalue weighted by atomic mass is 10.1. The van der Waals surface area contributed by atoms with Crippen LogP contribution in [0.4, 0.5) is 0 Å². The summed E-state index contributed by atoms with van der Waals surface area (Å²) in [6.07, 6.45) is 5.05. The van der Waals surface area contributed by atoms with Crippen molar-refractivity contribution in [1.82, 2.24) is 15.2 Å². The topological polar surface area (TPSA) is 45.2 Å². The molecule has 2 aliphatic heterocycles. The molecule has 2 saturated heterocycles. The van der Waals surface area contributed by atoms with Gasteiger partial charge in [-0.3, -0.25) is 9.78 Å². The molecule has 4 nitrogen and oxygen atoms in total. The first kappa shape index (κ1) is 11.7. The van der Waals surface area contributed by atoms with E-state index < -0.39 is 0 Å². The van der Waals surface area contributed by atoms with Crippen LogP contribution in [0, 0.1) is 6.92 Å². The third-order valence-corrected chi connectivity index (χ3v) is 4.05. The molecule has 2 unspecified atom stereocenters. The van der Waals surface area contributed by atoms with Gasteiger partial charge in [0.15, 0.2) is 0 Å². The summed E-state index contributed by atoms with van der Waals surface area (Å²) in [4.78, 5) is 18.9. The Morgan fingerprint density at radius 1 is 1.33 bits per heavy atom. The van der Waals surface area contributed by atoms with E-state index in [1.165, 1.54) is 0 Å². The second-order valence-corrected chi connectivity index (χ2v) is 5.28. The van der Waals surface area contributed by atoms with E-state index in [0.717, 1.165) is 43.6 Å². The summed E-state index contributed by atoms with van der Waals surface area (Å²) in [7, 11) is 0. The fourth-order valence-corrected chi connectivity index (χ4v) is 3.06. The highest BCUT2D eigenvalue weighted by molar-refractivity contribution is 5.94. The summed E-state index contributed by atoms with van der Waals surface area (Å²) in [5.41, 5.74) is 1.67. The number of carbonyl (C=O) groups is 1. The molecule has 0 aromatic carbocycles. The average Bonchev–Trinajstić information content (AvgIpc) is 2.63. The minimum Gasteiger partial charge on any atom is -0.331 e. The molecule has 1 aromatic rings. The van der Waals surface area contributed by atoms with Gasteiger partial charge in [0.05, 0.1) is 5.56 Å². The maximum absolute atomic E-state index is 12.6. The number of rotatable bonds is 1. The van der Waals surface area contributed by atoms with E-state index in [2.05, 4.69) is 15.2 Å². The number of pyridine rings is 1. The van der Waals surface area contributed by atoms with Gasteiger partial charge in [0.25, 0.3) is 5.91 Å². The van der Waals surface area contributed by atoms with Crippen molar-refractivity contribution in [2.24, 2.45) is 0 Å². The van der Waals surface area contributed by atoms with Gasteiger partial charge in [-0.25, -0.2) is 0 Å². The van der Waals surface area contributed by atoms with Crippen LogP contribution in [0.15, 0.2) is 18.3 Å². The van der Waals surface area contributed by atoms with Crippen LogP contribution in [-0.4, -0.2) is 41.0 Å². The number of aromatic nitrogens is 1. The standard InChI is InChI=1S/C14H19N3O/c1-10-2-3-11(8-16-10)14(18)17-12-4-5-13(17)9-15-7-6-12/h2-3,8,12-13,15H,4-7,9H2,1H3. The van der Waals surface area contributed by atoms with Gasteiger partial charge in [0.1, 0.15) is 0 Å². The average molecular weight is 245 g/mol. The van der Waals surface area contributed by atoms with Gasteiger partial charge in [-0.15, -0.1) is 0 Å². The Bertz CT molecular complexity index is 429. The maximum atomic E-state index is 12.6. The molecule has 0 saturated carbocycles. The van der Waals surface area contributed by atoms with Crippen LogP contribution in [0.3, 0.4) is 0 Å². The van der Waals surface area contributed by atoms with E-state index in [1.807, 2.05) is 19.1 Å². The summed E-state index contributed by atoms with van der Waals surface area (Å²) >= 11 is 0. The van der Waals surface area contributed by atoms with Gasteiger partial charge in [0, 0.05) is 30.5 Å². The van der Waals surface area contributed by atoms with Gasteiger partial charge < -0.3 is 10.2 Å². The zero-order chi connectivity index (χ0) is 12.5. The summed E-state index contributed by atoms with van der Waals surface area (Å²) in [5, 5.41) is 3.41. The first-order chi connectivity index (χ1) is 8.75. The molecule has 96 valence electrons. The predicted molar refractivity (Wildman–Crippen MR) is 69.4 cm³/mol. The zero-order valence-corrected chi connectivity index (χ0v) is 10.7. The smallest absolute Gasteiger partial charge is 0.255 e. The summed E-state index contributed by atoms with van der Waals surface area (Å²) in [6.45, 7) is 3.90. The van der Waals surface area contributed by atoms with Crippen molar-refractivity contribution in [2.75, 3.05) is 13.1 Å². The Labute approximate surface area is 107 Å². The molecule has 2 fully saturated rings. The van der Waals surface area contributed by atoms with Crippen molar-refractivity contribution >= 4 is 5.91 Å². The molecular formula is C14H19N3O. The molecule has 1 aromatic heterocycles. The third-order valence-electron chi connectivity index (χ3n) is 4.05. The van der Waals surface area contributed by atoms with Crippen LogP contribution in [0.5, 0.6) is 0 Å². The molecular weight excluding hydrogens is 226 g/mol. The fourth-order valence-electron chi connectivity index (χ4n) is 3.06. The van der Waals surface area contributed by atoms with E-state index in [0.29, 0.717) is 12.1 Å². The van der Waals surface area contributed by atoms with Crippen LogP contribution < -0.4 is 5.32 Å². The van der Waals surface area contributed by atoms with Crippen LogP contribution in [0.2, 0.25) is 0 Å². The molecule has 3 heterocycles. The second-order valence-electron chi connectivity index (χ2n) is 5.28. The summed E-state index contributed by atoms with van der Waals surface area (Å²) in [6, 6.07) is 4.58. The number of hydrogen-bond donors (Lipinski definition) is 1. The summed E-state index contributed by atoms with van der Waals surface area (Å²) in [5.74, 6) is 0.152. The van der Waals surface area contributed by atoms with E-state index >= 15 is 0 Å². The van der Waals surface area contributed by atoms with E-state index in [1.54, 1.807) is 6.20 Å². The van der Waals surface area contributed by atoms with Crippen LogP contribution in [0.25, 0.3) is 0 Å². The Morgan fingerprint density at radius 3 is 2.94 bits per heavy atom. The molecule has 18 heavy (non-hydrogen) atoms. The van der Waals surface area contributed by atoms with Gasteiger partial charge in [-0.05, 0) is 44.9 Å². The quantitative estimate of drug-likeness (QED) is 0.812. The van der Waals surface area contributed by atoms with Crippen molar-refractivity contribution in [1.29, 1.82) is 0 Å². The predicted octanol–water partition coefficient (Wildman–Crippen LogP) is 1.36. The lowest BCUT2D eigenvalue weighted by Crippen LogP contribution is -2.42. The van der Waals surface area contributed by atoms with Crippen LogP contribution in [0.1, 0.15) is 35.3 Å². The monoisotopic (exact) mass is 245 g/mol. The highest BCUT2D eigenvalue weighted by Crippen LogP contribution is 2.29. The maximum Gasteiger partial charge on any atom is 0.255 e. The molecule has 1 amide bonds. The molecule has 3 rings (SSSR count). The number of fused-ring (bicyclic) bond motifs is 2. The number of hydrogen-bond acceptors (Lipinski definition) is 3. The lowest BCUT2D eigenvalue weighted by molar-refractivity contribution is 0.0680. The summed E-state index contributed by atoms with van der Waals surface area (Å²) < 4.78 is 0. The van der Waals surface area contributed by atoms with Crippen LogP contribution >= 0.6 is 0 Å². The molecule has 0 spiro atoms. The van der Waals surface area contributed by atoms with Crippen LogP contribution in [-0.2, 0) is 0 Å². The van der Waals surface area contributed by atoms with E-state index in [4.69, 9.17) is 0 Å². The number of nitrogens with one attached hydrogen (secondary N) is 1. The van der Waals surface area contributed by atoms with Gasteiger partial charge in [-0.1, -0.05) is 0 Å². The number of aryl methyl sites for hydroxylation is 1. The van der Waals surface area contributed by atoms with Crippen molar-refractivity contribution in [3.05, 3.63) is 29.6 Å². The second kappa shape index (κ2) is 4.69. The number of nitrogens with zero attached hydrogens (tertiary/aromatic N) is 2. The Kier molecular flexibility index (Phi) is 3.04. The van der Waals surface area contributed by atoms with Crippen molar-refractivity contribution in [3.8, 4) is 0 Å². The Balaban J connectivity index is 1.85. The molecule has 4 heteroatoms. The van der Waals surface area contributed by atoms with Gasteiger partial charge >= 0.3 is 0 Å². The minimum absolute atomic E-state index is 0.152. The van der Waals surface area contributed by atoms with E-state index in [9.17, 15) is 4.79 Å². The number of amides is 1.